The molecule has 11 aromatic heterocycles. The van der Waals surface area contributed by atoms with Crippen LogP contribution in [0.3, 0.4) is 0 Å². The number of hydrogen-bond acceptors (Lipinski definition) is 26. The molecule has 4 saturated heterocycles. The van der Waals surface area contributed by atoms with Gasteiger partial charge in [0, 0.05) is 236 Å². The Bertz CT molecular complexity index is 5930. The summed E-state index contributed by atoms with van der Waals surface area (Å²) in [6.45, 7) is 16.2. The van der Waals surface area contributed by atoms with Crippen molar-refractivity contribution in [3.63, 3.8) is 0 Å². The predicted molar refractivity (Wildman–Crippen MR) is 503 cm³/mol. The molecule has 34 heteroatoms. The zero-order chi connectivity index (χ0) is 91.8. The van der Waals surface area contributed by atoms with Crippen LogP contribution in [0.2, 0.25) is 0 Å². The highest BCUT2D eigenvalue weighted by Gasteiger charge is 2.29. The Kier molecular flexibility index (Phi) is 30.2. The molecule has 34 nitrogen and oxygen atoms in total. The van der Waals surface area contributed by atoms with Crippen LogP contribution in [0.25, 0.3) is 51.3 Å². The number of benzene rings is 4. The molecule has 4 fully saturated rings. The molecule has 0 unspecified atom stereocenters. The summed E-state index contributed by atoms with van der Waals surface area (Å²) in [4.78, 5) is 114. The van der Waals surface area contributed by atoms with Gasteiger partial charge >= 0.3 is 6.09 Å². The molecule has 0 aliphatic carbocycles. The van der Waals surface area contributed by atoms with Crippen molar-refractivity contribution in [1.29, 1.82) is 0 Å². The Morgan fingerprint density at radius 1 is 0.376 bits per heavy atom. The molecular weight excluding hydrogens is 1690 g/mol. The molecule has 4 aliphatic heterocycles. The van der Waals surface area contributed by atoms with E-state index in [1.807, 2.05) is 177 Å². The summed E-state index contributed by atoms with van der Waals surface area (Å²) in [6, 6.07) is 43.7. The zero-order valence-corrected chi connectivity index (χ0v) is 75.0. The average molecular weight is 1800 g/mol. The van der Waals surface area contributed by atoms with Crippen molar-refractivity contribution in [1.82, 2.24) is 97.1 Å². The van der Waals surface area contributed by atoms with Gasteiger partial charge in [0.1, 0.15) is 79.0 Å². The fraction of sp³-hybridized carbons (Fsp3) is 0.323. The van der Waals surface area contributed by atoms with Gasteiger partial charge in [0.25, 0.3) is 22.2 Å². The quantitative estimate of drug-likeness (QED) is 0.0486. The lowest BCUT2D eigenvalue weighted by Gasteiger charge is -2.32. The van der Waals surface area contributed by atoms with Gasteiger partial charge in [0.2, 0.25) is 23.7 Å². The Balaban J connectivity index is 0.000000129. The van der Waals surface area contributed by atoms with Gasteiger partial charge in [-0.15, -0.1) is 0 Å². The summed E-state index contributed by atoms with van der Waals surface area (Å²) in [5.74, 6) is 5.20. The molecule has 684 valence electrons. The first-order chi connectivity index (χ1) is 65.1. The molecule has 0 radical (unpaired) electrons. The minimum atomic E-state index is -0.286. The number of hydrogen-bond donors (Lipinski definition) is 0. The van der Waals surface area contributed by atoms with E-state index in [4.69, 9.17) is 28.1 Å². The highest BCUT2D eigenvalue weighted by Crippen LogP contribution is 2.29. The number of aryl methyl sites for hydroxylation is 3. The van der Waals surface area contributed by atoms with Gasteiger partial charge in [0.05, 0.1) is 30.0 Å². The number of aromatic nitrogens is 19. The molecule has 0 atom stereocenters. The molecule has 0 bridgehead atoms. The smallest absolute Gasteiger partial charge is 0.410 e. The number of carbonyl (C=O) groups is 1. The summed E-state index contributed by atoms with van der Waals surface area (Å²) in [7, 11) is 0. The molecule has 15 heterocycles. The van der Waals surface area contributed by atoms with Crippen LogP contribution in [0.15, 0.2) is 288 Å². The maximum absolute atomic E-state index is 12.7. The van der Waals surface area contributed by atoms with E-state index in [-0.39, 0.29) is 58.9 Å². The summed E-state index contributed by atoms with van der Waals surface area (Å²) < 4.78 is 46.5. The maximum atomic E-state index is 12.7. The molecule has 0 spiro atoms. The van der Waals surface area contributed by atoms with Crippen LogP contribution < -0.4 is 55.9 Å². The molecule has 4 aliphatic rings. The van der Waals surface area contributed by atoms with Crippen LogP contribution in [-0.4, -0.2) is 186 Å². The fourth-order valence-electron chi connectivity index (χ4n) is 16.0. The third kappa shape index (κ3) is 24.1. The van der Waals surface area contributed by atoms with E-state index in [0.29, 0.717) is 54.8 Å². The van der Waals surface area contributed by atoms with Crippen molar-refractivity contribution in [3.8, 4) is 74.3 Å². The Morgan fingerprint density at radius 3 is 0.985 bits per heavy atom. The summed E-state index contributed by atoms with van der Waals surface area (Å²) >= 11 is 0. The van der Waals surface area contributed by atoms with Crippen molar-refractivity contribution < 1.29 is 32.9 Å². The Hall–Kier alpha value is -15.5. The number of rotatable bonds is 26. The third-order valence-electron chi connectivity index (χ3n) is 23.1. The SMILES string of the molecule is CC(C)OC(=O)N1CCC(Oc2ccn(-c3ccc(-n4cncn4)cc3)c(=O)c2)CC1.CCCc1cnc(N2CCC(Oc3ccn(-c4ccc(-c5ncco5)cc4)c(=O)c3)CC2)nc1.CCCc1cnc(N2CCC(Oc3ccn(-c4ccc(-n5ccnc5)cc4)c(=O)c3)CC2)nc1.CCCc1cnc(N2CCC(Oc3ccn(-c4ccc(-n5cncn5)cc4)c(=O)c3)CC2)nc1. The van der Waals surface area contributed by atoms with Gasteiger partial charge < -0.3 is 52.3 Å². The molecule has 15 aromatic rings. The second-order valence-corrected chi connectivity index (χ2v) is 32.9. The number of piperidine rings is 4. The molecule has 19 rings (SSSR count). The number of carbonyl (C=O) groups excluding carboxylic acids is 1. The van der Waals surface area contributed by atoms with Gasteiger partial charge in [-0.2, -0.15) is 10.2 Å². The topological polar surface area (TPSA) is 347 Å². The van der Waals surface area contributed by atoms with Crippen molar-refractivity contribution in [2.24, 2.45) is 0 Å². The van der Waals surface area contributed by atoms with Gasteiger partial charge in [0.15, 0.2) is 0 Å². The van der Waals surface area contributed by atoms with Crippen molar-refractivity contribution >= 4 is 23.9 Å². The molecule has 4 aromatic carbocycles. The summed E-state index contributed by atoms with van der Waals surface area (Å²) in [5, 5.41) is 8.21. The normalized spacial score (nSPS) is 14.4. The zero-order valence-electron chi connectivity index (χ0n) is 75.0. The maximum Gasteiger partial charge on any atom is 0.410 e. The van der Waals surface area contributed by atoms with Crippen LogP contribution in [0.1, 0.15) is 122 Å². The number of amides is 1. The standard InChI is InChI=1S/C26H28N6O2.C26H27N5O3.C25H27N7O2.C22H25N5O4/c1-2-3-20-17-28-26(29-18-20)30-12-8-23(9-13-30)34-24-10-14-32(25(33)16-24)22-6-4-21(5-7-22)31-15-11-27-19-31;1-2-3-19-17-28-26(29-18-19)30-12-8-22(9-13-30)34-23-10-14-31(24(32)16-23)21-6-4-20(5-7-21)25-27-11-15-33-25;1-2-3-19-15-27-25(28-16-19)30-11-8-22(9-12-30)34-23-10-13-31(24(33)14-23)20-4-6-21(7-5-20)32-18-26-17-29-32;1-16(2)30-22(29)25-10-7-19(8-11-25)31-20-9-12-26(21(28)13-20)17-3-5-18(6-4-17)27-15-23-14-24-27/h4-7,10-11,14-19,23H,2-3,8-9,12-13H2,1H3;4-7,10-11,14-18,22H,2-3,8-9,12-13H2,1H3;4-7,10,13-18,22H,2-3,8-9,11-12H2,1H3;3-6,9,12-16,19H,7-8,10-11H2,1-2H3. The minimum Gasteiger partial charge on any atom is -0.490 e. The summed E-state index contributed by atoms with van der Waals surface area (Å²) in [5.41, 5.74) is 9.63. The van der Waals surface area contributed by atoms with Crippen LogP contribution >= 0.6 is 0 Å². The second kappa shape index (κ2) is 44.2. The van der Waals surface area contributed by atoms with Gasteiger partial charge in [-0.3, -0.25) is 37.4 Å². The van der Waals surface area contributed by atoms with Gasteiger partial charge in [-0.05, 0) is 171 Å². The number of oxazole rings is 1. The minimum absolute atomic E-state index is 0.0414. The van der Waals surface area contributed by atoms with Crippen LogP contribution in [0.5, 0.6) is 23.0 Å². The number of ether oxygens (including phenoxy) is 5. The van der Waals surface area contributed by atoms with Gasteiger partial charge in [-0.25, -0.2) is 64.0 Å². The van der Waals surface area contributed by atoms with E-state index >= 15 is 0 Å². The monoisotopic (exact) mass is 1790 g/mol. The van der Waals surface area contributed by atoms with Crippen molar-refractivity contribution in [3.05, 3.63) is 322 Å². The van der Waals surface area contributed by atoms with E-state index in [1.54, 1.807) is 113 Å². The highest BCUT2D eigenvalue weighted by atomic mass is 16.6. The van der Waals surface area contributed by atoms with Crippen LogP contribution in [-0.2, 0) is 24.0 Å². The highest BCUT2D eigenvalue weighted by molar-refractivity contribution is 5.68. The Labute approximate surface area is 768 Å². The second-order valence-electron chi connectivity index (χ2n) is 32.9. The van der Waals surface area contributed by atoms with E-state index in [2.05, 4.69) is 95.5 Å². The lowest BCUT2D eigenvalue weighted by molar-refractivity contribution is 0.0516. The fourth-order valence-corrected chi connectivity index (χ4v) is 16.0. The van der Waals surface area contributed by atoms with Crippen LogP contribution in [0.4, 0.5) is 22.6 Å². The van der Waals surface area contributed by atoms with Crippen molar-refractivity contribution in [2.45, 2.75) is 155 Å². The molecule has 0 saturated carbocycles. The first-order valence-electron chi connectivity index (χ1n) is 45.3. The van der Waals surface area contributed by atoms with E-state index in [0.717, 1.165) is 180 Å². The van der Waals surface area contributed by atoms with Crippen molar-refractivity contribution in [2.75, 3.05) is 67.1 Å². The number of likely N-dealkylation sites (tertiary alicyclic amines) is 1. The predicted octanol–water partition coefficient (Wildman–Crippen LogP) is 14.1. The first kappa shape index (κ1) is 90.8. The van der Waals surface area contributed by atoms with E-state index < -0.39 is 0 Å². The number of nitrogens with zero attached hydrogens (tertiary/aromatic N) is 23. The lowest BCUT2D eigenvalue weighted by Crippen LogP contribution is -2.42. The third-order valence-corrected chi connectivity index (χ3v) is 23.1. The molecule has 1 amide bonds. The van der Waals surface area contributed by atoms with Crippen LogP contribution in [0, 0.1) is 0 Å². The molecular formula is C99H107N23O11. The largest absolute Gasteiger partial charge is 0.490 e. The van der Waals surface area contributed by atoms with Gasteiger partial charge in [-0.1, -0.05) is 40.0 Å². The number of anilines is 3. The van der Waals surface area contributed by atoms with E-state index in [9.17, 15) is 24.0 Å². The number of imidazole rings is 1. The van der Waals surface area contributed by atoms with E-state index in [1.165, 1.54) is 41.7 Å². The molecule has 0 N–H and O–H groups in total. The lowest BCUT2D eigenvalue weighted by atomic mass is 10.1. The summed E-state index contributed by atoms with van der Waals surface area (Å²) in [6.07, 6.45) is 45.8. The Morgan fingerprint density at radius 2 is 0.699 bits per heavy atom. The first-order valence-corrected chi connectivity index (χ1v) is 45.3. The molecule has 133 heavy (non-hydrogen) atoms. The number of pyridine rings is 4. The average Bonchev–Trinajstić information content (AvgIpc) is 1.51.